The molecule has 0 aliphatic heterocycles. The van der Waals surface area contributed by atoms with Crippen molar-refractivity contribution in [1.29, 1.82) is 0 Å². The highest BCUT2D eigenvalue weighted by Crippen LogP contribution is 2.64. The minimum absolute atomic E-state index is 0.263. The molecule has 3 rings (SSSR count). The van der Waals surface area contributed by atoms with Crippen molar-refractivity contribution in [1.82, 2.24) is 0 Å². The van der Waals surface area contributed by atoms with Gasteiger partial charge in [-0.3, -0.25) is 0 Å². The molecule has 0 aromatic heterocycles. The summed E-state index contributed by atoms with van der Waals surface area (Å²) in [6.07, 6.45) is 8.14. The van der Waals surface area contributed by atoms with E-state index in [9.17, 15) is 5.11 Å². The summed E-state index contributed by atoms with van der Waals surface area (Å²) in [5.74, 6) is 1.22. The molecular weight excluding hydrogens is 176 g/mol. The Morgan fingerprint density at radius 1 is 1.36 bits per heavy atom. The van der Waals surface area contributed by atoms with Crippen LogP contribution in [0.15, 0.2) is 12.8 Å². The second-order valence-electron chi connectivity index (χ2n) is 5.20. The van der Waals surface area contributed by atoms with E-state index in [1.807, 2.05) is 0 Å². The third-order valence-electron chi connectivity index (χ3n) is 4.86. The number of fused-ring (bicyclic) bond motifs is 5. The molecule has 0 aromatic rings. The van der Waals surface area contributed by atoms with Crippen molar-refractivity contribution in [2.24, 2.45) is 11.8 Å². The fourth-order valence-corrected chi connectivity index (χ4v) is 4.36. The van der Waals surface area contributed by atoms with Gasteiger partial charge < -0.3 is 9.84 Å². The molecule has 4 unspecified atom stereocenters. The average molecular weight is 194 g/mol. The first kappa shape index (κ1) is 8.78. The van der Waals surface area contributed by atoms with Crippen molar-refractivity contribution in [2.45, 2.75) is 49.7 Å². The summed E-state index contributed by atoms with van der Waals surface area (Å²) in [6.45, 7) is 3.65. The van der Waals surface area contributed by atoms with E-state index in [1.165, 1.54) is 25.5 Å². The fraction of sp³-hybridized carbons (Fsp3) is 0.833. The van der Waals surface area contributed by atoms with Gasteiger partial charge in [-0.1, -0.05) is 13.0 Å². The normalized spacial score (nSPS) is 54.6. The Balaban J connectivity index is 2.00. The van der Waals surface area contributed by atoms with Crippen LogP contribution in [0.5, 0.6) is 0 Å². The zero-order valence-electron chi connectivity index (χ0n) is 8.54. The summed E-state index contributed by atoms with van der Waals surface area (Å²) >= 11 is 0. The highest BCUT2D eigenvalue weighted by Gasteiger charge is 2.69. The third-order valence-corrected chi connectivity index (χ3v) is 4.86. The SMILES string of the molecule is C=COC12CCC(C1)C1CCCC12O. The molecule has 2 heteroatoms. The zero-order valence-corrected chi connectivity index (χ0v) is 8.54. The molecule has 0 aromatic carbocycles. The number of ether oxygens (including phenoxy) is 1. The predicted molar refractivity (Wildman–Crippen MR) is 53.6 cm³/mol. The molecule has 2 nitrogen and oxygen atoms in total. The van der Waals surface area contributed by atoms with Crippen molar-refractivity contribution in [3.63, 3.8) is 0 Å². The fourth-order valence-electron chi connectivity index (χ4n) is 4.36. The lowest BCUT2D eigenvalue weighted by Crippen LogP contribution is -2.53. The van der Waals surface area contributed by atoms with Gasteiger partial charge in [0, 0.05) is 0 Å². The Morgan fingerprint density at radius 3 is 3.00 bits per heavy atom. The smallest absolute Gasteiger partial charge is 0.137 e. The van der Waals surface area contributed by atoms with Crippen molar-refractivity contribution in [3.05, 3.63) is 12.8 Å². The molecule has 0 heterocycles. The molecule has 14 heavy (non-hydrogen) atoms. The van der Waals surface area contributed by atoms with Gasteiger partial charge in [-0.15, -0.1) is 0 Å². The van der Waals surface area contributed by atoms with E-state index in [0.29, 0.717) is 11.8 Å². The summed E-state index contributed by atoms with van der Waals surface area (Å²) < 4.78 is 5.71. The lowest BCUT2D eigenvalue weighted by molar-refractivity contribution is -0.154. The molecule has 3 aliphatic carbocycles. The summed E-state index contributed by atoms with van der Waals surface area (Å²) in [7, 11) is 0. The highest BCUT2D eigenvalue weighted by atomic mass is 16.5. The van der Waals surface area contributed by atoms with E-state index >= 15 is 0 Å². The van der Waals surface area contributed by atoms with Gasteiger partial charge in [0.05, 0.1) is 6.26 Å². The van der Waals surface area contributed by atoms with Crippen LogP contribution in [0.1, 0.15) is 38.5 Å². The van der Waals surface area contributed by atoms with Gasteiger partial charge >= 0.3 is 0 Å². The molecule has 0 spiro atoms. The minimum Gasteiger partial charge on any atom is -0.492 e. The average Bonchev–Trinajstić information content (AvgIpc) is 2.75. The van der Waals surface area contributed by atoms with E-state index in [0.717, 1.165) is 19.3 Å². The molecule has 4 atom stereocenters. The van der Waals surface area contributed by atoms with Crippen molar-refractivity contribution < 1.29 is 9.84 Å². The van der Waals surface area contributed by atoms with E-state index in [-0.39, 0.29) is 5.60 Å². The molecule has 3 saturated carbocycles. The molecule has 0 amide bonds. The Kier molecular flexibility index (Phi) is 1.59. The summed E-state index contributed by atoms with van der Waals surface area (Å²) in [4.78, 5) is 0. The Hall–Kier alpha value is -0.500. The first-order valence-corrected chi connectivity index (χ1v) is 5.73. The molecule has 0 radical (unpaired) electrons. The minimum atomic E-state index is -0.524. The van der Waals surface area contributed by atoms with Gasteiger partial charge in [-0.25, -0.2) is 0 Å². The van der Waals surface area contributed by atoms with E-state index in [2.05, 4.69) is 6.58 Å². The van der Waals surface area contributed by atoms with Crippen LogP contribution in [0, 0.1) is 11.8 Å². The first-order valence-electron chi connectivity index (χ1n) is 5.73. The first-order chi connectivity index (χ1) is 6.72. The molecule has 0 saturated heterocycles. The number of aliphatic hydroxyl groups is 1. The van der Waals surface area contributed by atoms with E-state index in [4.69, 9.17) is 4.74 Å². The van der Waals surface area contributed by atoms with E-state index in [1.54, 1.807) is 0 Å². The van der Waals surface area contributed by atoms with Gasteiger partial charge in [0.15, 0.2) is 0 Å². The van der Waals surface area contributed by atoms with Crippen LogP contribution in [0.4, 0.5) is 0 Å². The van der Waals surface area contributed by atoms with Crippen molar-refractivity contribution >= 4 is 0 Å². The van der Waals surface area contributed by atoms with Gasteiger partial charge in [0.25, 0.3) is 0 Å². The van der Waals surface area contributed by atoms with Gasteiger partial charge in [0.2, 0.25) is 0 Å². The summed E-state index contributed by atoms with van der Waals surface area (Å²) in [6, 6.07) is 0. The second-order valence-corrected chi connectivity index (χ2v) is 5.20. The lowest BCUT2D eigenvalue weighted by atomic mass is 9.75. The van der Waals surface area contributed by atoms with Crippen LogP contribution in [-0.4, -0.2) is 16.3 Å². The maximum atomic E-state index is 10.7. The third kappa shape index (κ3) is 0.773. The molecule has 3 fully saturated rings. The Labute approximate surface area is 85.0 Å². The highest BCUT2D eigenvalue weighted by molar-refractivity contribution is 5.20. The van der Waals surface area contributed by atoms with Gasteiger partial charge in [-0.05, 0) is 43.9 Å². The standard InChI is InChI=1S/C12H18O2/c1-2-14-11-7-5-9(8-11)10-4-3-6-12(10,11)13/h2,9-10,13H,1,3-8H2. The van der Waals surface area contributed by atoms with Crippen LogP contribution in [0.3, 0.4) is 0 Å². The van der Waals surface area contributed by atoms with Crippen LogP contribution in [0.25, 0.3) is 0 Å². The second kappa shape index (κ2) is 2.54. The molecule has 78 valence electrons. The zero-order chi connectivity index (χ0) is 9.81. The maximum absolute atomic E-state index is 10.7. The molecule has 3 aliphatic rings. The predicted octanol–water partition coefficient (Wildman–Crippen LogP) is 2.23. The monoisotopic (exact) mass is 194 g/mol. The Bertz CT molecular complexity index is 275. The topological polar surface area (TPSA) is 29.5 Å². The maximum Gasteiger partial charge on any atom is 0.137 e. The molecule has 1 N–H and O–H groups in total. The van der Waals surface area contributed by atoms with Crippen LogP contribution in [-0.2, 0) is 4.74 Å². The number of hydrogen-bond acceptors (Lipinski definition) is 2. The number of hydrogen-bond donors (Lipinski definition) is 1. The summed E-state index contributed by atoms with van der Waals surface area (Å²) in [5.41, 5.74) is -0.787. The lowest BCUT2D eigenvalue weighted by Gasteiger charge is -2.42. The van der Waals surface area contributed by atoms with E-state index < -0.39 is 5.60 Å². The van der Waals surface area contributed by atoms with Crippen LogP contribution >= 0.6 is 0 Å². The molecule has 2 bridgehead atoms. The number of rotatable bonds is 2. The Morgan fingerprint density at radius 2 is 2.21 bits per heavy atom. The van der Waals surface area contributed by atoms with Crippen LogP contribution < -0.4 is 0 Å². The summed E-state index contributed by atoms with van der Waals surface area (Å²) in [5, 5.41) is 10.7. The van der Waals surface area contributed by atoms with Crippen molar-refractivity contribution in [2.75, 3.05) is 0 Å². The van der Waals surface area contributed by atoms with Gasteiger partial charge in [0.1, 0.15) is 11.2 Å². The largest absolute Gasteiger partial charge is 0.492 e. The quantitative estimate of drug-likeness (QED) is 0.683. The van der Waals surface area contributed by atoms with Gasteiger partial charge in [-0.2, -0.15) is 0 Å². The molecular formula is C12H18O2. The van der Waals surface area contributed by atoms with Crippen molar-refractivity contribution in [3.8, 4) is 0 Å². The van der Waals surface area contributed by atoms with Crippen LogP contribution in [0.2, 0.25) is 0 Å².